The molecule has 1 aliphatic heterocycles. The lowest BCUT2D eigenvalue weighted by Gasteiger charge is -2.32. The van der Waals surface area contributed by atoms with Crippen LogP contribution in [0.1, 0.15) is 23.3 Å². The van der Waals surface area contributed by atoms with E-state index in [0.717, 1.165) is 18.8 Å². The number of benzene rings is 1. The van der Waals surface area contributed by atoms with Crippen LogP contribution >= 0.6 is 0 Å². The van der Waals surface area contributed by atoms with Crippen molar-refractivity contribution < 1.29 is 14.6 Å². The molecule has 2 heterocycles. The normalized spacial score (nSPS) is 16.4. The number of carbonyl (C=O) groups excluding carboxylic acids is 1. The first-order valence-electron chi connectivity index (χ1n) is 8.44. The number of amides is 1. The molecule has 1 aromatic carbocycles. The van der Waals surface area contributed by atoms with E-state index in [1.165, 1.54) is 4.68 Å². The summed E-state index contributed by atoms with van der Waals surface area (Å²) in [6, 6.07) is 9.42. The standard InChI is InChI=1S/C17H23N5O3/c23-16(19-10-11-25-14-4-2-1-3-5-14)15-12-22(21-20-15)13-17(24)6-8-18-9-7-17/h1-5,12,18,24H,6-11,13H2,(H,19,23). The average Bonchev–Trinajstić information content (AvgIpc) is 3.08. The summed E-state index contributed by atoms with van der Waals surface area (Å²) in [7, 11) is 0. The van der Waals surface area contributed by atoms with Gasteiger partial charge in [-0.2, -0.15) is 0 Å². The molecular weight excluding hydrogens is 322 g/mol. The van der Waals surface area contributed by atoms with Crippen molar-refractivity contribution in [1.82, 2.24) is 25.6 Å². The van der Waals surface area contributed by atoms with Gasteiger partial charge < -0.3 is 20.5 Å². The molecule has 1 fully saturated rings. The second-order valence-electron chi connectivity index (χ2n) is 6.19. The minimum atomic E-state index is -0.795. The number of rotatable bonds is 7. The molecule has 134 valence electrons. The number of hydrogen-bond acceptors (Lipinski definition) is 6. The number of aromatic nitrogens is 3. The lowest BCUT2D eigenvalue weighted by atomic mass is 9.92. The first-order valence-corrected chi connectivity index (χ1v) is 8.44. The largest absolute Gasteiger partial charge is 0.492 e. The number of hydrogen-bond donors (Lipinski definition) is 3. The Kier molecular flexibility index (Phi) is 5.62. The lowest BCUT2D eigenvalue weighted by molar-refractivity contribution is -0.00866. The molecule has 3 N–H and O–H groups in total. The summed E-state index contributed by atoms with van der Waals surface area (Å²) in [5.41, 5.74) is -0.562. The molecule has 0 spiro atoms. The highest BCUT2D eigenvalue weighted by Crippen LogP contribution is 2.19. The second-order valence-corrected chi connectivity index (χ2v) is 6.19. The first-order chi connectivity index (χ1) is 12.1. The Morgan fingerprint density at radius 3 is 2.84 bits per heavy atom. The minimum Gasteiger partial charge on any atom is -0.492 e. The summed E-state index contributed by atoms with van der Waals surface area (Å²) in [6.45, 7) is 2.64. The van der Waals surface area contributed by atoms with Crippen LogP contribution < -0.4 is 15.4 Å². The van der Waals surface area contributed by atoms with Crippen LogP contribution in [0.2, 0.25) is 0 Å². The first kappa shape index (κ1) is 17.4. The van der Waals surface area contributed by atoms with Gasteiger partial charge in [-0.25, -0.2) is 4.68 Å². The number of nitrogens with zero attached hydrogens (tertiary/aromatic N) is 3. The van der Waals surface area contributed by atoms with Crippen LogP contribution in [0.25, 0.3) is 0 Å². The molecular formula is C17H23N5O3. The molecule has 1 aromatic heterocycles. The van der Waals surface area contributed by atoms with E-state index in [2.05, 4.69) is 20.9 Å². The molecule has 0 atom stereocenters. The van der Waals surface area contributed by atoms with Crippen molar-refractivity contribution in [2.45, 2.75) is 25.0 Å². The molecule has 2 aromatic rings. The Bertz CT molecular complexity index is 683. The number of aliphatic hydroxyl groups is 1. The van der Waals surface area contributed by atoms with E-state index in [4.69, 9.17) is 4.74 Å². The fraction of sp³-hybridized carbons (Fsp3) is 0.471. The molecule has 1 aliphatic rings. The topological polar surface area (TPSA) is 101 Å². The number of nitrogens with one attached hydrogen (secondary N) is 2. The van der Waals surface area contributed by atoms with E-state index in [0.29, 0.717) is 32.5 Å². The summed E-state index contributed by atoms with van der Waals surface area (Å²) in [5.74, 6) is 0.457. The third kappa shape index (κ3) is 5.01. The highest BCUT2D eigenvalue weighted by molar-refractivity contribution is 5.91. The summed E-state index contributed by atoms with van der Waals surface area (Å²) >= 11 is 0. The third-order valence-electron chi connectivity index (χ3n) is 4.16. The van der Waals surface area contributed by atoms with Crippen molar-refractivity contribution >= 4 is 5.91 Å². The quantitative estimate of drug-likeness (QED) is 0.620. The molecule has 0 unspecified atom stereocenters. The monoisotopic (exact) mass is 345 g/mol. The molecule has 0 aliphatic carbocycles. The van der Waals surface area contributed by atoms with Crippen LogP contribution in [-0.2, 0) is 6.54 Å². The Balaban J connectivity index is 1.44. The molecule has 0 radical (unpaired) electrons. The third-order valence-corrected chi connectivity index (χ3v) is 4.16. The van der Waals surface area contributed by atoms with Crippen LogP contribution in [0.15, 0.2) is 36.5 Å². The van der Waals surface area contributed by atoms with Gasteiger partial charge in [0.1, 0.15) is 12.4 Å². The fourth-order valence-corrected chi connectivity index (χ4v) is 2.77. The maximum absolute atomic E-state index is 12.1. The van der Waals surface area contributed by atoms with E-state index < -0.39 is 5.60 Å². The minimum absolute atomic E-state index is 0.234. The SMILES string of the molecule is O=C(NCCOc1ccccc1)c1cn(CC2(O)CCNCC2)nn1. The van der Waals surface area contributed by atoms with Crippen molar-refractivity contribution in [2.75, 3.05) is 26.2 Å². The molecule has 25 heavy (non-hydrogen) atoms. The summed E-state index contributed by atoms with van der Waals surface area (Å²) in [5, 5.41) is 24.3. The number of para-hydroxylation sites is 1. The van der Waals surface area contributed by atoms with Gasteiger partial charge in [0.25, 0.3) is 5.91 Å². The zero-order valence-electron chi connectivity index (χ0n) is 14.0. The Morgan fingerprint density at radius 1 is 1.32 bits per heavy atom. The molecule has 8 heteroatoms. The highest BCUT2D eigenvalue weighted by Gasteiger charge is 2.30. The van der Waals surface area contributed by atoms with Gasteiger partial charge in [-0.05, 0) is 38.1 Å². The van der Waals surface area contributed by atoms with Crippen molar-refractivity contribution in [3.63, 3.8) is 0 Å². The van der Waals surface area contributed by atoms with Crippen LogP contribution in [0.3, 0.4) is 0 Å². The van der Waals surface area contributed by atoms with Gasteiger partial charge >= 0.3 is 0 Å². The maximum Gasteiger partial charge on any atom is 0.273 e. The zero-order valence-corrected chi connectivity index (χ0v) is 14.0. The molecule has 8 nitrogen and oxygen atoms in total. The van der Waals surface area contributed by atoms with E-state index in [9.17, 15) is 9.90 Å². The van der Waals surface area contributed by atoms with Gasteiger partial charge in [-0.3, -0.25) is 4.79 Å². The van der Waals surface area contributed by atoms with E-state index in [1.54, 1.807) is 6.20 Å². The second kappa shape index (κ2) is 8.09. The van der Waals surface area contributed by atoms with E-state index >= 15 is 0 Å². The van der Waals surface area contributed by atoms with Gasteiger partial charge in [0.15, 0.2) is 5.69 Å². The zero-order chi connectivity index (χ0) is 17.5. The average molecular weight is 345 g/mol. The Hall–Kier alpha value is -2.45. The van der Waals surface area contributed by atoms with Gasteiger partial charge in [0, 0.05) is 0 Å². The number of ether oxygens (including phenoxy) is 1. The lowest BCUT2D eigenvalue weighted by Crippen LogP contribution is -2.44. The van der Waals surface area contributed by atoms with Gasteiger partial charge in [-0.15, -0.1) is 5.10 Å². The smallest absolute Gasteiger partial charge is 0.273 e. The molecule has 1 amide bonds. The predicted molar refractivity (Wildman–Crippen MR) is 91.3 cm³/mol. The summed E-state index contributed by atoms with van der Waals surface area (Å²) < 4.78 is 7.04. The van der Waals surface area contributed by atoms with E-state index in [1.807, 2.05) is 30.3 Å². The highest BCUT2D eigenvalue weighted by atomic mass is 16.5. The van der Waals surface area contributed by atoms with Crippen molar-refractivity contribution in [2.24, 2.45) is 0 Å². The van der Waals surface area contributed by atoms with Gasteiger partial charge in [-0.1, -0.05) is 23.4 Å². The molecule has 0 bridgehead atoms. The van der Waals surface area contributed by atoms with Crippen LogP contribution in [0, 0.1) is 0 Å². The molecule has 3 rings (SSSR count). The number of carbonyl (C=O) groups is 1. The van der Waals surface area contributed by atoms with Crippen LogP contribution in [0.5, 0.6) is 5.75 Å². The predicted octanol–water partition coefficient (Wildman–Crippen LogP) is 0.201. The molecule has 0 saturated carbocycles. The summed E-state index contributed by atoms with van der Waals surface area (Å²) in [4.78, 5) is 12.1. The van der Waals surface area contributed by atoms with Crippen LogP contribution in [0.4, 0.5) is 0 Å². The summed E-state index contributed by atoms with van der Waals surface area (Å²) in [6.07, 6.45) is 2.88. The van der Waals surface area contributed by atoms with Crippen molar-refractivity contribution in [3.05, 3.63) is 42.2 Å². The van der Waals surface area contributed by atoms with Crippen molar-refractivity contribution in [1.29, 1.82) is 0 Å². The number of piperidine rings is 1. The van der Waals surface area contributed by atoms with Crippen molar-refractivity contribution in [3.8, 4) is 5.75 Å². The van der Waals surface area contributed by atoms with Gasteiger partial charge in [0.05, 0.1) is 24.9 Å². The fourth-order valence-electron chi connectivity index (χ4n) is 2.77. The molecule has 1 saturated heterocycles. The van der Waals surface area contributed by atoms with Crippen LogP contribution in [-0.4, -0.2) is 57.8 Å². The Morgan fingerprint density at radius 2 is 2.08 bits per heavy atom. The van der Waals surface area contributed by atoms with Gasteiger partial charge in [0.2, 0.25) is 0 Å². The van der Waals surface area contributed by atoms with E-state index in [-0.39, 0.29) is 11.6 Å². The Labute approximate surface area is 146 Å². The maximum atomic E-state index is 12.1.